The van der Waals surface area contributed by atoms with Crippen LogP contribution in [0.1, 0.15) is 17.5 Å². The molecule has 1 heterocycles. The van der Waals surface area contributed by atoms with Crippen molar-refractivity contribution in [2.75, 3.05) is 20.1 Å². The Morgan fingerprint density at radius 3 is 2.73 bits per heavy atom. The lowest BCUT2D eigenvalue weighted by Crippen LogP contribution is -2.30. The number of benzene rings is 1. The SMILES string of the molecule is CN1CCC(O)(c2ccccc2CO)C1. The first-order chi connectivity index (χ1) is 7.15. The molecule has 1 aliphatic heterocycles. The predicted molar refractivity (Wildman–Crippen MR) is 58.4 cm³/mol. The Hall–Kier alpha value is -0.900. The molecule has 3 nitrogen and oxygen atoms in total. The molecule has 1 fully saturated rings. The van der Waals surface area contributed by atoms with Crippen LogP contribution < -0.4 is 0 Å². The summed E-state index contributed by atoms with van der Waals surface area (Å²) in [6.45, 7) is 1.53. The second-order valence-electron chi connectivity index (χ2n) is 4.33. The molecule has 15 heavy (non-hydrogen) atoms. The van der Waals surface area contributed by atoms with Gasteiger partial charge in [-0.05, 0) is 24.6 Å². The van der Waals surface area contributed by atoms with Gasteiger partial charge < -0.3 is 15.1 Å². The third kappa shape index (κ3) is 1.91. The first kappa shape index (κ1) is 10.6. The number of rotatable bonds is 2. The van der Waals surface area contributed by atoms with Crippen molar-refractivity contribution in [1.82, 2.24) is 4.90 Å². The van der Waals surface area contributed by atoms with E-state index in [1.165, 1.54) is 0 Å². The van der Waals surface area contributed by atoms with E-state index in [1.807, 2.05) is 31.3 Å². The highest BCUT2D eigenvalue weighted by Crippen LogP contribution is 2.33. The van der Waals surface area contributed by atoms with E-state index in [9.17, 15) is 10.2 Å². The zero-order chi connectivity index (χ0) is 10.9. The summed E-state index contributed by atoms with van der Waals surface area (Å²) in [5.41, 5.74) is 0.917. The molecule has 2 rings (SSSR count). The Kier molecular flexibility index (Phi) is 2.78. The third-order valence-electron chi connectivity index (χ3n) is 3.13. The number of aliphatic hydroxyl groups is 2. The summed E-state index contributed by atoms with van der Waals surface area (Å²) in [4.78, 5) is 2.11. The topological polar surface area (TPSA) is 43.7 Å². The van der Waals surface area contributed by atoms with Crippen LogP contribution in [-0.2, 0) is 12.2 Å². The summed E-state index contributed by atoms with van der Waals surface area (Å²) in [6, 6.07) is 7.57. The Morgan fingerprint density at radius 2 is 2.13 bits per heavy atom. The van der Waals surface area contributed by atoms with Gasteiger partial charge >= 0.3 is 0 Å². The number of hydrogen-bond donors (Lipinski definition) is 2. The van der Waals surface area contributed by atoms with Crippen molar-refractivity contribution in [3.63, 3.8) is 0 Å². The largest absolute Gasteiger partial charge is 0.392 e. The maximum atomic E-state index is 10.5. The van der Waals surface area contributed by atoms with Crippen LogP contribution in [0.2, 0.25) is 0 Å². The van der Waals surface area contributed by atoms with Gasteiger partial charge in [-0.1, -0.05) is 24.3 Å². The lowest BCUT2D eigenvalue weighted by atomic mass is 9.89. The number of β-amino-alcohol motifs (C(OH)–C–C–N with tert-alkyl or cyclic N) is 1. The minimum atomic E-state index is -0.784. The first-order valence-electron chi connectivity index (χ1n) is 5.26. The summed E-state index contributed by atoms with van der Waals surface area (Å²) in [6.07, 6.45) is 0.737. The zero-order valence-electron chi connectivity index (χ0n) is 8.98. The number of hydrogen-bond acceptors (Lipinski definition) is 3. The third-order valence-corrected chi connectivity index (χ3v) is 3.13. The van der Waals surface area contributed by atoms with Gasteiger partial charge in [0.15, 0.2) is 0 Å². The van der Waals surface area contributed by atoms with Gasteiger partial charge in [0, 0.05) is 13.1 Å². The fourth-order valence-electron chi connectivity index (χ4n) is 2.31. The standard InChI is InChI=1S/C12H17NO2/c1-13-7-6-12(15,9-13)11-5-3-2-4-10(11)8-14/h2-5,14-15H,6-9H2,1H3. The van der Waals surface area contributed by atoms with Gasteiger partial charge in [0.25, 0.3) is 0 Å². The van der Waals surface area contributed by atoms with Crippen molar-refractivity contribution in [1.29, 1.82) is 0 Å². The number of nitrogens with zero attached hydrogens (tertiary/aromatic N) is 1. The summed E-state index contributed by atoms with van der Waals surface area (Å²) in [7, 11) is 2.00. The summed E-state index contributed by atoms with van der Waals surface area (Å²) < 4.78 is 0. The molecule has 0 bridgehead atoms. The van der Waals surface area contributed by atoms with Gasteiger partial charge in [-0.3, -0.25) is 0 Å². The summed E-state index contributed by atoms with van der Waals surface area (Å²) >= 11 is 0. The van der Waals surface area contributed by atoms with Crippen molar-refractivity contribution in [3.05, 3.63) is 35.4 Å². The van der Waals surface area contributed by atoms with E-state index >= 15 is 0 Å². The molecule has 0 radical (unpaired) electrons. The molecule has 1 aliphatic rings. The van der Waals surface area contributed by atoms with E-state index in [1.54, 1.807) is 0 Å². The smallest absolute Gasteiger partial charge is 0.104 e. The number of likely N-dealkylation sites (tertiary alicyclic amines) is 1. The lowest BCUT2D eigenvalue weighted by Gasteiger charge is -2.25. The molecule has 0 amide bonds. The van der Waals surface area contributed by atoms with E-state index in [0.717, 1.165) is 24.1 Å². The average molecular weight is 207 g/mol. The summed E-state index contributed by atoms with van der Waals surface area (Å²) in [5.74, 6) is 0. The number of aliphatic hydroxyl groups excluding tert-OH is 1. The Balaban J connectivity index is 2.36. The Bertz CT molecular complexity index is 353. The van der Waals surface area contributed by atoms with E-state index in [2.05, 4.69) is 4.90 Å². The van der Waals surface area contributed by atoms with E-state index in [4.69, 9.17) is 0 Å². The lowest BCUT2D eigenvalue weighted by molar-refractivity contribution is 0.0467. The minimum Gasteiger partial charge on any atom is -0.392 e. The molecule has 1 saturated heterocycles. The van der Waals surface area contributed by atoms with Crippen LogP contribution in [-0.4, -0.2) is 35.3 Å². The van der Waals surface area contributed by atoms with Gasteiger partial charge in [-0.25, -0.2) is 0 Å². The molecule has 2 N–H and O–H groups in total. The fraction of sp³-hybridized carbons (Fsp3) is 0.500. The maximum absolute atomic E-state index is 10.5. The molecule has 1 aromatic rings. The molecule has 3 heteroatoms. The van der Waals surface area contributed by atoms with Crippen molar-refractivity contribution in [3.8, 4) is 0 Å². The molecule has 82 valence electrons. The van der Waals surface area contributed by atoms with Crippen LogP contribution >= 0.6 is 0 Å². The molecule has 0 aromatic heterocycles. The molecular formula is C12H17NO2. The second kappa shape index (κ2) is 3.93. The highest BCUT2D eigenvalue weighted by Gasteiger charge is 2.37. The summed E-state index contributed by atoms with van der Waals surface area (Å²) in [5, 5.41) is 19.7. The highest BCUT2D eigenvalue weighted by atomic mass is 16.3. The second-order valence-corrected chi connectivity index (χ2v) is 4.33. The fourth-order valence-corrected chi connectivity index (χ4v) is 2.31. The van der Waals surface area contributed by atoms with Gasteiger partial charge in [0.1, 0.15) is 5.60 Å². The Labute approximate surface area is 90.0 Å². The van der Waals surface area contributed by atoms with Crippen LogP contribution in [0, 0.1) is 0 Å². The highest BCUT2D eigenvalue weighted by molar-refractivity contribution is 5.33. The Morgan fingerprint density at radius 1 is 1.40 bits per heavy atom. The van der Waals surface area contributed by atoms with Crippen molar-refractivity contribution < 1.29 is 10.2 Å². The molecule has 0 saturated carbocycles. The zero-order valence-corrected chi connectivity index (χ0v) is 8.98. The molecule has 1 aromatic carbocycles. The molecular weight excluding hydrogens is 190 g/mol. The van der Waals surface area contributed by atoms with Crippen LogP contribution in [0.15, 0.2) is 24.3 Å². The minimum absolute atomic E-state index is 0.0117. The number of likely N-dealkylation sites (N-methyl/N-ethyl adjacent to an activating group) is 1. The first-order valence-corrected chi connectivity index (χ1v) is 5.26. The average Bonchev–Trinajstić information content (AvgIpc) is 2.60. The molecule has 1 atom stereocenters. The molecule has 0 aliphatic carbocycles. The van der Waals surface area contributed by atoms with E-state index < -0.39 is 5.60 Å². The predicted octanol–water partition coefficient (Wildman–Crippen LogP) is 0.702. The van der Waals surface area contributed by atoms with Gasteiger partial charge in [-0.2, -0.15) is 0 Å². The van der Waals surface area contributed by atoms with Crippen LogP contribution in [0.3, 0.4) is 0 Å². The normalized spacial score (nSPS) is 27.1. The van der Waals surface area contributed by atoms with E-state index in [-0.39, 0.29) is 6.61 Å². The molecule has 0 spiro atoms. The van der Waals surface area contributed by atoms with Gasteiger partial charge in [0.05, 0.1) is 6.61 Å². The quantitative estimate of drug-likeness (QED) is 0.750. The molecule has 1 unspecified atom stereocenters. The van der Waals surface area contributed by atoms with Crippen LogP contribution in [0.5, 0.6) is 0 Å². The van der Waals surface area contributed by atoms with Crippen molar-refractivity contribution >= 4 is 0 Å². The maximum Gasteiger partial charge on any atom is 0.104 e. The van der Waals surface area contributed by atoms with Crippen LogP contribution in [0.25, 0.3) is 0 Å². The van der Waals surface area contributed by atoms with E-state index in [0.29, 0.717) is 6.54 Å². The van der Waals surface area contributed by atoms with Crippen LogP contribution in [0.4, 0.5) is 0 Å². The van der Waals surface area contributed by atoms with Crippen molar-refractivity contribution in [2.24, 2.45) is 0 Å². The van der Waals surface area contributed by atoms with Gasteiger partial charge in [0.2, 0.25) is 0 Å². The van der Waals surface area contributed by atoms with Gasteiger partial charge in [-0.15, -0.1) is 0 Å². The van der Waals surface area contributed by atoms with Crippen molar-refractivity contribution in [2.45, 2.75) is 18.6 Å². The monoisotopic (exact) mass is 207 g/mol.